The molecule has 1 amide bonds. The van der Waals surface area contributed by atoms with E-state index in [0.29, 0.717) is 30.2 Å². The van der Waals surface area contributed by atoms with Gasteiger partial charge in [-0.2, -0.15) is 0 Å². The van der Waals surface area contributed by atoms with Crippen LogP contribution in [0.5, 0.6) is 0 Å². The first kappa shape index (κ1) is 12.7. The Morgan fingerprint density at radius 3 is 2.75 bits per heavy atom. The Kier molecular flexibility index (Phi) is 3.16. The lowest BCUT2D eigenvalue weighted by molar-refractivity contribution is 0.102. The van der Waals surface area contributed by atoms with Crippen molar-refractivity contribution in [2.24, 2.45) is 0 Å². The van der Waals surface area contributed by atoms with Crippen molar-refractivity contribution >= 4 is 17.3 Å². The first-order valence-electron chi connectivity index (χ1n) is 6.50. The van der Waals surface area contributed by atoms with Crippen LogP contribution in [0.2, 0.25) is 0 Å². The highest BCUT2D eigenvalue weighted by Crippen LogP contribution is 2.23. The second-order valence-corrected chi connectivity index (χ2v) is 5.02. The largest absolute Gasteiger partial charge is 0.397 e. The SMILES string of the molecule is Cc1ccc(NC(=O)c2ccc3c(c2)COC3)c(N)c1. The molecule has 2 aromatic rings. The quantitative estimate of drug-likeness (QED) is 0.823. The van der Waals surface area contributed by atoms with Crippen molar-refractivity contribution in [1.29, 1.82) is 0 Å². The van der Waals surface area contributed by atoms with E-state index in [1.165, 1.54) is 0 Å². The first-order valence-corrected chi connectivity index (χ1v) is 6.50. The zero-order chi connectivity index (χ0) is 14.1. The summed E-state index contributed by atoms with van der Waals surface area (Å²) in [5, 5.41) is 2.84. The average Bonchev–Trinajstić information content (AvgIpc) is 2.89. The van der Waals surface area contributed by atoms with Crippen LogP contribution in [0.3, 0.4) is 0 Å². The van der Waals surface area contributed by atoms with Crippen LogP contribution in [0.1, 0.15) is 27.0 Å². The molecular formula is C16H16N2O2. The van der Waals surface area contributed by atoms with Crippen LogP contribution in [0.25, 0.3) is 0 Å². The van der Waals surface area contributed by atoms with Gasteiger partial charge in [-0.1, -0.05) is 12.1 Å². The summed E-state index contributed by atoms with van der Waals surface area (Å²) in [5.41, 5.74) is 11.0. The number of nitrogens with one attached hydrogen (secondary N) is 1. The van der Waals surface area contributed by atoms with Crippen LogP contribution in [0, 0.1) is 6.92 Å². The molecule has 0 unspecified atom stereocenters. The van der Waals surface area contributed by atoms with Gasteiger partial charge < -0.3 is 15.8 Å². The summed E-state index contributed by atoms with van der Waals surface area (Å²) in [6.45, 7) is 3.16. The molecular weight excluding hydrogens is 252 g/mol. The van der Waals surface area contributed by atoms with Gasteiger partial charge in [0.15, 0.2) is 0 Å². The van der Waals surface area contributed by atoms with Crippen LogP contribution in [0.15, 0.2) is 36.4 Å². The molecule has 0 fully saturated rings. The maximum atomic E-state index is 12.2. The number of nitrogen functional groups attached to an aromatic ring is 1. The van der Waals surface area contributed by atoms with Gasteiger partial charge in [0, 0.05) is 5.56 Å². The Morgan fingerprint density at radius 2 is 1.95 bits per heavy atom. The average molecular weight is 268 g/mol. The van der Waals surface area contributed by atoms with Crippen molar-refractivity contribution in [3.8, 4) is 0 Å². The Morgan fingerprint density at radius 1 is 1.15 bits per heavy atom. The van der Waals surface area contributed by atoms with Crippen molar-refractivity contribution in [3.05, 3.63) is 58.7 Å². The molecule has 0 atom stereocenters. The number of fused-ring (bicyclic) bond motifs is 1. The number of amides is 1. The molecule has 0 aromatic heterocycles. The number of carbonyl (C=O) groups excluding carboxylic acids is 1. The zero-order valence-corrected chi connectivity index (χ0v) is 11.3. The molecule has 0 saturated carbocycles. The van der Waals surface area contributed by atoms with Gasteiger partial charge in [0.05, 0.1) is 24.6 Å². The van der Waals surface area contributed by atoms with E-state index in [4.69, 9.17) is 10.5 Å². The Hall–Kier alpha value is -2.33. The lowest BCUT2D eigenvalue weighted by atomic mass is 10.1. The third kappa shape index (κ3) is 2.38. The second kappa shape index (κ2) is 4.98. The standard InChI is InChI=1S/C16H16N2O2/c1-10-2-5-15(14(17)6-10)18-16(19)11-3-4-12-8-20-9-13(12)7-11/h2-7H,8-9,17H2,1H3,(H,18,19). The molecule has 20 heavy (non-hydrogen) atoms. The summed E-state index contributed by atoms with van der Waals surface area (Å²) in [6.07, 6.45) is 0. The monoisotopic (exact) mass is 268 g/mol. The van der Waals surface area contributed by atoms with E-state index in [2.05, 4.69) is 5.32 Å². The lowest BCUT2D eigenvalue weighted by Gasteiger charge is -2.09. The van der Waals surface area contributed by atoms with E-state index < -0.39 is 0 Å². The van der Waals surface area contributed by atoms with Gasteiger partial charge in [-0.15, -0.1) is 0 Å². The Balaban J connectivity index is 1.82. The highest BCUT2D eigenvalue weighted by Gasteiger charge is 2.14. The number of nitrogens with two attached hydrogens (primary N) is 1. The third-order valence-corrected chi connectivity index (χ3v) is 3.44. The minimum atomic E-state index is -0.157. The maximum absolute atomic E-state index is 12.2. The molecule has 1 heterocycles. The molecule has 4 heteroatoms. The van der Waals surface area contributed by atoms with Gasteiger partial charge in [0.25, 0.3) is 5.91 Å². The fourth-order valence-electron chi connectivity index (χ4n) is 2.30. The van der Waals surface area contributed by atoms with Crippen molar-refractivity contribution < 1.29 is 9.53 Å². The molecule has 1 aliphatic rings. The smallest absolute Gasteiger partial charge is 0.255 e. The molecule has 0 radical (unpaired) electrons. The molecule has 0 saturated heterocycles. The topological polar surface area (TPSA) is 64.3 Å². The van der Waals surface area contributed by atoms with Crippen LogP contribution in [-0.2, 0) is 18.0 Å². The first-order chi connectivity index (χ1) is 9.63. The van der Waals surface area contributed by atoms with E-state index in [0.717, 1.165) is 16.7 Å². The molecule has 3 rings (SSSR count). The predicted octanol–water partition coefficient (Wildman–Crippen LogP) is 2.86. The fraction of sp³-hybridized carbons (Fsp3) is 0.188. The van der Waals surface area contributed by atoms with Crippen molar-refractivity contribution in [2.75, 3.05) is 11.1 Å². The third-order valence-electron chi connectivity index (χ3n) is 3.44. The number of anilines is 2. The fourth-order valence-corrected chi connectivity index (χ4v) is 2.30. The van der Waals surface area contributed by atoms with Crippen LogP contribution >= 0.6 is 0 Å². The van der Waals surface area contributed by atoms with Gasteiger partial charge in [0.1, 0.15) is 0 Å². The number of rotatable bonds is 2. The number of benzene rings is 2. The van der Waals surface area contributed by atoms with E-state index in [-0.39, 0.29) is 5.91 Å². The highest BCUT2D eigenvalue weighted by atomic mass is 16.5. The van der Waals surface area contributed by atoms with Crippen LogP contribution < -0.4 is 11.1 Å². The number of hydrogen-bond donors (Lipinski definition) is 2. The summed E-state index contributed by atoms with van der Waals surface area (Å²) in [7, 11) is 0. The lowest BCUT2D eigenvalue weighted by Crippen LogP contribution is -2.13. The molecule has 4 nitrogen and oxygen atoms in total. The van der Waals surface area contributed by atoms with E-state index in [1.54, 1.807) is 0 Å². The van der Waals surface area contributed by atoms with Crippen molar-refractivity contribution in [1.82, 2.24) is 0 Å². The second-order valence-electron chi connectivity index (χ2n) is 5.02. The zero-order valence-electron chi connectivity index (χ0n) is 11.3. The summed E-state index contributed by atoms with van der Waals surface area (Å²) in [5.74, 6) is -0.157. The van der Waals surface area contributed by atoms with Gasteiger partial charge in [-0.3, -0.25) is 4.79 Å². The summed E-state index contributed by atoms with van der Waals surface area (Å²) in [6, 6.07) is 11.2. The highest BCUT2D eigenvalue weighted by molar-refractivity contribution is 6.05. The molecule has 102 valence electrons. The molecule has 3 N–H and O–H groups in total. The minimum absolute atomic E-state index is 0.157. The maximum Gasteiger partial charge on any atom is 0.255 e. The number of hydrogen-bond acceptors (Lipinski definition) is 3. The number of carbonyl (C=O) groups is 1. The summed E-state index contributed by atoms with van der Waals surface area (Å²) < 4.78 is 5.35. The number of aryl methyl sites for hydroxylation is 1. The molecule has 0 aliphatic carbocycles. The summed E-state index contributed by atoms with van der Waals surface area (Å²) in [4.78, 5) is 12.2. The molecule has 1 aliphatic heterocycles. The Bertz CT molecular complexity index is 680. The molecule has 0 spiro atoms. The van der Waals surface area contributed by atoms with Gasteiger partial charge in [-0.25, -0.2) is 0 Å². The van der Waals surface area contributed by atoms with E-state index >= 15 is 0 Å². The normalized spacial score (nSPS) is 13.1. The van der Waals surface area contributed by atoms with Gasteiger partial charge >= 0.3 is 0 Å². The van der Waals surface area contributed by atoms with E-state index in [9.17, 15) is 4.79 Å². The minimum Gasteiger partial charge on any atom is -0.397 e. The van der Waals surface area contributed by atoms with Gasteiger partial charge in [-0.05, 0) is 47.9 Å². The Labute approximate surface area is 117 Å². The summed E-state index contributed by atoms with van der Waals surface area (Å²) >= 11 is 0. The van der Waals surface area contributed by atoms with Gasteiger partial charge in [0.2, 0.25) is 0 Å². The molecule has 0 bridgehead atoms. The van der Waals surface area contributed by atoms with Crippen molar-refractivity contribution in [3.63, 3.8) is 0 Å². The van der Waals surface area contributed by atoms with Crippen LogP contribution in [-0.4, -0.2) is 5.91 Å². The molecule has 2 aromatic carbocycles. The number of ether oxygens (including phenoxy) is 1. The van der Waals surface area contributed by atoms with Crippen LogP contribution in [0.4, 0.5) is 11.4 Å². The predicted molar refractivity (Wildman–Crippen MR) is 78.5 cm³/mol. The van der Waals surface area contributed by atoms with E-state index in [1.807, 2.05) is 43.3 Å². The van der Waals surface area contributed by atoms with Crippen molar-refractivity contribution in [2.45, 2.75) is 20.1 Å².